The molecule has 0 spiro atoms. The van der Waals surface area contributed by atoms with E-state index in [2.05, 4.69) is 37.4 Å². The summed E-state index contributed by atoms with van der Waals surface area (Å²) in [5, 5.41) is 10.6. The summed E-state index contributed by atoms with van der Waals surface area (Å²) in [5.41, 5.74) is 1.80. The smallest absolute Gasteiger partial charge is 0.161 e. The zero-order chi connectivity index (χ0) is 16.6. The van der Waals surface area contributed by atoms with E-state index in [9.17, 15) is 9.90 Å². The average molecular weight is 330 g/mol. The van der Waals surface area contributed by atoms with Gasteiger partial charge in [-0.15, -0.1) is 11.8 Å². The third kappa shape index (κ3) is 3.01. The van der Waals surface area contributed by atoms with Gasteiger partial charge in [-0.2, -0.15) is 0 Å². The molecule has 2 unspecified atom stereocenters. The normalized spacial score (nSPS) is 36.1. The summed E-state index contributed by atoms with van der Waals surface area (Å²) in [6.07, 6.45) is 7.47. The molecule has 0 bridgehead atoms. The fourth-order valence-electron chi connectivity index (χ4n) is 4.50. The number of carbonyl (C=O) groups is 1. The first-order chi connectivity index (χ1) is 11.0. The molecule has 2 aliphatic rings. The minimum atomic E-state index is -0.293. The van der Waals surface area contributed by atoms with Crippen LogP contribution in [0, 0.1) is 17.3 Å². The lowest BCUT2D eigenvalue weighted by molar-refractivity contribution is -0.133. The SMILES string of the molecule is CSc1ccc(C=C2C[C@@]3(C)C(CCC[C@@H]3O)C(C)C2=O)cc1. The van der Waals surface area contributed by atoms with Gasteiger partial charge in [-0.3, -0.25) is 4.79 Å². The van der Waals surface area contributed by atoms with E-state index in [1.54, 1.807) is 11.8 Å². The van der Waals surface area contributed by atoms with Gasteiger partial charge in [0, 0.05) is 16.2 Å². The van der Waals surface area contributed by atoms with Gasteiger partial charge in [0.1, 0.15) is 0 Å². The Morgan fingerprint density at radius 3 is 2.61 bits per heavy atom. The third-order valence-corrected chi connectivity index (χ3v) is 6.71. The minimum Gasteiger partial charge on any atom is -0.393 e. The molecule has 2 saturated carbocycles. The number of ketones is 1. The first kappa shape index (κ1) is 16.8. The van der Waals surface area contributed by atoms with Crippen LogP contribution in [0.1, 0.15) is 45.1 Å². The van der Waals surface area contributed by atoms with E-state index in [-0.39, 0.29) is 23.2 Å². The highest BCUT2D eigenvalue weighted by Crippen LogP contribution is 2.53. The van der Waals surface area contributed by atoms with Crippen molar-refractivity contribution in [2.24, 2.45) is 17.3 Å². The molecule has 2 nitrogen and oxygen atoms in total. The largest absolute Gasteiger partial charge is 0.393 e. The van der Waals surface area contributed by atoms with Gasteiger partial charge < -0.3 is 5.11 Å². The van der Waals surface area contributed by atoms with Crippen molar-refractivity contribution in [1.82, 2.24) is 0 Å². The summed E-state index contributed by atoms with van der Waals surface area (Å²) in [4.78, 5) is 14.0. The predicted molar refractivity (Wildman–Crippen MR) is 96.4 cm³/mol. The maximum Gasteiger partial charge on any atom is 0.161 e. The highest BCUT2D eigenvalue weighted by Gasteiger charge is 2.51. The highest BCUT2D eigenvalue weighted by molar-refractivity contribution is 7.98. The average Bonchev–Trinajstić information content (AvgIpc) is 2.55. The van der Waals surface area contributed by atoms with Gasteiger partial charge in [0.2, 0.25) is 0 Å². The molecule has 0 radical (unpaired) electrons. The van der Waals surface area contributed by atoms with Gasteiger partial charge in [0.05, 0.1) is 6.10 Å². The second kappa shape index (κ2) is 6.45. The number of rotatable bonds is 2. The van der Waals surface area contributed by atoms with Crippen LogP contribution < -0.4 is 0 Å². The van der Waals surface area contributed by atoms with Crippen molar-refractivity contribution in [1.29, 1.82) is 0 Å². The molecule has 1 aromatic rings. The number of fused-ring (bicyclic) bond motifs is 1. The van der Waals surface area contributed by atoms with Crippen LogP contribution in [-0.4, -0.2) is 23.2 Å². The van der Waals surface area contributed by atoms with Gasteiger partial charge in [-0.05, 0) is 60.8 Å². The molecule has 0 aromatic heterocycles. The predicted octanol–water partition coefficient (Wildman–Crippen LogP) is 4.57. The fourth-order valence-corrected chi connectivity index (χ4v) is 4.91. The summed E-state index contributed by atoms with van der Waals surface area (Å²) < 4.78 is 0. The third-order valence-electron chi connectivity index (χ3n) is 5.96. The Kier molecular flexibility index (Phi) is 4.70. The Bertz CT molecular complexity index is 619. The van der Waals surface area contributed by atoms with Gasteiger partial charge in [-0.1, -0.05) is 32.4 Å². The number of carbonyl (C=O) groups excluding carboxylic acids is 1. The summed E-state index contributed by atoms with van der Waals surface area (Å²) in [6, 6.07) is 8.33. The molecule has 2 aliphatic carbocycles. The van der Waals surface area contributed by atoms with Gasteiger partial charge in [0.25, 0.3) is 0 Å². The number of thioether (sulfide) groups is 1. The van der Waals surface area contributed by atoms with Crippen molar-refractivity contribution in [3.63, 3.8) is 0 Å². The molecule has 2 fully saturated rings. The van der Waals surface area contributed by atoms with Crippen LogP contribution in [0.2, 0.25) is 0 Å². The first-order valence-corrected chi connectivity index (χ1v) is 9.75. The van der Waals surface area contributed by atoms with E-state index in [0.29, 0.717) is 12.3 Å². The number of allylic oxidation sites excluding steroid dienone is 1. The maximum absolute atomic E-state index is 12.8. The molecule has 3 rings (SSSR count). The first-order valence-electron chi connectivity index (χ1n) is 8.52. The molecule has 0 heterocycles. The lowest BCUT2D eigenvalue weighted by atomic mass is 9.54. The Morgan fingerprint density at radius 2 is 1.96 bits per heavy atom. The van der Waals surface area contributed by atoms with Crippen LogP contribution in [0.15, 0.2) is 34.7 Å². The van der Waals surface area contributed by atoms with Crippen molar-refractivity contribution in [2.75, 3.05) is 6.26 Å². The molecule has 0 amide bonds. The molecule has 3 heteroatoms. The molecule has 23 heavy (non-hydrogen) atoms. The minimum absolute atomic E-state index is 0.0143. The topological polar surface area (TPSA) is 37.3 Å². The summed E-state index contributed by atoms with van der Waals surface area (Å²) >= 11 is 1.72. The lowest BCUT2D eigenvalue weighted by Gasteiger charge is -2.51. The van der Waals surface area contributed by atoms with E-state index in [1.807, 2.05) is 13.0 Å². The molecule has 0 aliphatic heterocycles. The quantitative estimate of drug-likeness (QED) is 0.637. The van der Waals surface area contributed by atoms with Crippen molar-refractivity contribution in [3.8, 4) is 0 Å². The van der Waals surface area contributed by atoms with E-state index in [4.69, 9.17) is 0 Å². The molecule has 4 atom stereocenters. The molecule has 0 saturated heterocycles. The molecular weight excluding hydrogens is 304 g/mol. The van der Waals surface area contributed by atoms with E-state index in [0.717, 1.165) is 30.4 Å². The van der Waals surface area contributed by atoms with Crippen LogP contribution in [0.3, 0.4) is 0 Å². The van der Waals surface area contributed by atoms with Crippen molar-refractivity contribution in [3.05, 3.63) is 35.4 Å². The van der Waals surface area contributed by atoms with Gasteiger partial charge >= 0.3 is 0 Å². The molecule has 124 valence electrons. The van der Waals surface area contributed by atoms with E-state index < -0.39 is 0 Å². The molecular formula is C20H26O2S. The van der Waals surface area contributed by atoms with Crippen LogP contribution in [0.5, 0.6) is 0 Å². The van der Waals surface area contributed by atoms with E-state index in [1.165, 1.54) is 4.90 Å². The Hall–Kier alpha value is -1.06. The number of hydrogen-bond acceptors (Lipinski definition) is 3. The number of Topliss-reactive ketones (excluding diaryl/α,β-unsaturated/α-hetero) is 1. The monoisotopic (exact) mass is 330 g/mol. The van der Waals surface area contributed by atoms with Crippen LogP contribution >= 0.6 is 11.8 Å². The Balaban J connectivity index is 1.92. The second-order valence-electron chi connectivity index (χ2n) is 7.33. The number of hydrogen-bond donors (Lipinski definition) is 1. The second-order valence-corrected chi connectivity index (χ2v) is 8.21. The standard InChI is InChI=1S/C20H26O2S/c1-13-17-5-4-6-18(21)20(17,2)12-15(19(13)22)11-14-7-9-16(23-3)10-8-14/h7-11,13,17-18,21H,4-6,12H2,1-3H3/t13?,17?,18-,20-/m0/s1. The zero-order valence-electron chi connectivity index (χ0n) is 14.2. The van der Waals surface area contributed by atoms with Gasteiger partial charge in [0.15, 0.2) is 5.78 Å². The van der Waals surface area contributed by atoms with Crippen LogP contribution in [0.4, 0.5) is 0 Å². The van der Waals surface area contributed by atoms with Crippen molar-refractivity contribution < 1.29 is 9.90 Å². The Morgan fingerprint density at radius 1 is 1.26 bits per heavy atom. The van der Waals surface area contributed by atoms with Crippen molar-refractivity contribution >= 4 is 23.6 Å². The summed E-state index contributed by atoms with van der Waals surface area (Å²) in [6.45, 7) is 4.22. The zero-order valence-corrected chi connectivity index (χ0v) is 15.0. The number of benzene rings is 1. The van der Waals surface area contributed by atoms with Crippen molar-refractivity contribution in [2.45, 2.75) is 50.5 Å². The Labute approximate surface area is 143 Å². The number of aliphatic hydroxyl groups is 1. The number of aliphatic hydroxyl groups excluding tert-OH is 1. The van der Waals surface area contributed by atoms with Crippen LogP contribution in [-0.2, 0) is 4.79 Å². The van der Waals surface area contributed by atoms with Crippen LogP contribution in [0.25, 0.3) is 6.08 Å². The lowest BCUT2D eigenvalue weighted by Crippen LogP contribution is -2.51. The molecule has 1 aromatic carbocycles. The van der Waals surface area contributed by atoms with Gasteiger partial charge in [-0.25, -0.2) is 0 Å². The van der Waals surface area contributed by atoms with E-state index >= 15 is 0 Å². The summed E-state index contributed by atoms with van der Waals surface area (Å²) in [7, 11) is 0. The molecule has 1 N–H and O–H groups in total. The highest BCUT2D eigenvalue weighted by atomic mass is 32.2. The maximum atomic E-state index is 12.8. The fraction of sp³-hybridized carbons (Fsp3) is 0.550. The summed E-state index contributed by atoms with van der Waals surface area (Å²) in [5.74, 6) is 0.603.